The van der Waals surface area contributed by atoms with E-state index in [9.17, 15) is 0 Å². The summed E-state index contributed by atoms with van der Waals surface area (Å²) in [5, 5.41) is 3.30. The Hall–Kier alpha value is -1.02. The molecule has 0 atom stereocenters. The van der Waals surface area contributed by atoms with Gasteiger partial charge in [-0.1, -0.05) is 32.0 Å². The fourth-order valence-corrected chi connectivity index (χ4v) is 2.89. The fraction of sp³-hybridized carbons (Fsp3) is 0.400. The van der Waals surface area contributed by atoms with Crippen molar-refractivity contribution in [2.75, 3.05) is 0 Å². The van der Waals surface area contributed by atoms with Crippen LogP contribution in [-0.2, 0) is 0 Å². The van der Waals surface area contributed by atoms with Gasteiger partial charge in [-0.2, -0.15) is 0 Å². The Morgan fingerprint density at radius 1 is 1.00 bits per heavy atom. The highest BCUT2D eigenvalue weighted by molar-refractivity contribution is 8.00. The highest BCUT2D eigenvalue weighted by atomic mass is 32.2. The minimum atomic E-state index is 0.506. The van der Waals surface area contributed by atoms with E-state index in [1.807, 2.05) is 11.8 Å². The lowest BCUT2D eigenvalue weighted by Crippen LogP contribution is -2.35. The third-order valence-corrected chi connectivity index (χ3v) is 3.79. The summed E-state index contributed by atoms with van der Waals surface area (Å²) in [4.78, 5) is 1.38. The van der Waals surface area contributed by atoms with Crippen molar-refractivity contribution in [1.82, 2.24) is 0 Å². The number of fused-ring (bicyclic) bond motifs is 1. The standard InChI is InChI=1S/C15H20NS/c1-11(2)16-9-13-7-5-6-8-14(13)15(10-16)17-12(3)4/h5-12H,1-4H3/q+1. The third-order valence-electron chi connectivity index (χ3n) is 2.74. The van der Waals surface area contributed by atoms with Crippen molar-refractivity contribution in [3.05, 3.63) is 36.7 Å². The summed E-state index contributed by atoms with van der Waals surface area (Å²) in [5.74, 6) is 0. The average molecular weight is 246 g/mol. The number of hydrogen-bond acceptors (Lipinski definition) is 1. The SMILES string of the molecule is CC(C)Sc1c[n+](C(C)C)cc2ccccc12. The molecular formula is C15H20NS+. The van der Waals surface area contributed by atoms with Gasteiger partial charge in [0.25, 0.3) is 0 Å². The molecule has 0 radical (unpaired) electrons. The highest BCUT2D eigenvalue weighted by Crippen LogP contribution is 2.29. The van der Waals surface area contributed by atoms with Gasteiger partial charge in [0.15, 0.2) is 18.4 Å². The normalized spacial score (nSPS) is 11.6. The smallest absolute Gasteiger partial charge is 0.183 e. The van der Waals surface area contributed by atoms with E-state index in [1.165, 1.54) is 15.7 Å². The molecule has 0 bridgehead atoms. The van der Waals surface area contributed by atoms with E-state index in [4.69, 9.17) is 0 Å². The van der Waals surface area contributed by atoms with Crippen molar-refractivity contribution < 1.29 is 4.57 Å². The van der Waals surface area contributed by atoms with Gasteiger partial charge in [-0.05, 0) is 19.9 Å². The quantitative estimate of drug-likeness (QED) is 0.579. The molecule has 0 aliphatic carbocycles. The number of aromatic nitrogens is 1. The maximum atomic E-state index is 2.30. The Morgan fingerprint density at radius 2 is 1.71 bits per heavy atom. The zero-order valence-electron chi connectivity index (χ0n) is 11.0. The first-order chi connectivity index (χ1) is 8.08. The Labute approximate surface area is 108 Å². The number of pyridine rings is 1. The first kappa shape index (κ1) is 12.4. The lowest BCUT2D eigenvalue weighted by Gasteiger charge is -2.09. The Kier molecular flexibility index (Phi) is 3.72. The molecule has 0 aliphatic heterocycles. The van der Waals surface area contributed by atoms with Crippen LogP contribution in [0.4, 0.5) is 0 Å². The summed E-state index contributed by atoms with van der Waals surface area (Å²) in [7, 11) is 0. The van der Waals surface area contributed by atoms with Gasteiger partial charge in [0.1, 0.15) is 0 Å². The molecule has 2 aromatic rings. The lowest BCUT2D eigenvalue weighted by atomic mass is 10.2. The van der Waals surface area contributed by atoms with E-state index in [-0.39, 0.29) is 0 Å². The maximum Gasteiger partial charge on any atom is 0.183 e. The van der Waals surface area contributed by atoms with Crippen LogP contribution in [0, 0.1) is 0 Å². The number of benzene rings is 1. The van der Waals surface area contributed by atoms with E-state index in [2.05, 4.69) is 68.9 Å². The summed E-state index contributed by atoms with van der Waals surface area (Å²) < 4.78 is 2.30. The second kappa shape index (κ2) is 5.09. The summed E-state index contributed by atoms with van der Waals surface area (Å²) in [6, 6.07) is 9.14. The van der Waals surface area contributed by atoms with Crippen LogP contribution < -0.4 is 4.57 Å². The molecule has 2 rings (SSSR count). The number of nitrogens with zero attached hydrogens (tertiary/aromatic N) is 1. The van der Waals surface area contributed by atoms with Crippen LogP contribution in [0.15, 0.2) is 41.6 Å². The van der Waals surface area contributed by atoms with Gasteiger partial charge >= 0.3 is 0 Å². The van der Waals surface area contributed by atoms with Gasteiger partial charge in [0, 0.05) is 16.0 Å². The van der Waals surface area contributed by atoms with Gasteiger partial charge < -0.3 is 0 Å². The first-order valence-electron chi connectivity index (χ1n) is 6.18. The summed E-state index contributed by atoms with van der Waals surface area (Å²) >= 11 is 1.94. The predicted octanol–water partition coefficient (Wildman–Crippen LogP) is 4.21. The molecule has 0 unspecified atom stereocenters. The van der Waals surface area contributed by atoms with Gasteiger partial charge in [0.05, 0.1) is 4.90 Å². The molecule has 0 N–H and O–H groups in total. The van der Waals surface area contributed by atoms with E-state index in [1.54, 1.807) is 0 Å². The molecule has 1 nitrogen and oxygen atoms in total. The molecule has 0 amide bonds. The minimum Gasteiger partial charge on any atom is -0.201 e. The van der Waals surface area contributed by atoms with Crippen molar-refractivity contribution >= 4 is 22.5 Å². The molecule has 0 saturated heterocycles. The molecule has 1 aromatic carbocycles. The first-order valence-corrected chi connectivity index (χ1v) is 7.06. The molecule has 90 valence electrons. The molecule has 1 heterocycles. The molecular weight excluding hydrogens is 226 g/mol. The third kappa shape index (κ3) is 2.81. The van der Waals surface area contributed by atoms with Crippen LogP contribution in [0.2, 0.25) is 0 Å². The second-order valence-electron chi connectivity index (χ2n) is 4.92. The summed E-state index contributed by atoms with van der Waals surface area (Å²) in [6.45, 7) is 8.93. The Morgan fingerprint density at radius 3 is 2.35 bits per heavy atom. The van der Waals surface area contributed by atoms with Crippen LogP contribution in [0.25, 0.3) is 10.8 Å². The van der Waals surface area contributed by atoms with Gasteiger partial charge in [-0.3, -0.25) is 0 Å². The summed E-state index contributed by atoms with van der Waals surface area (Å²) in [6.07, 6.45) is 4.52. The molecule has 0 saturated carbocycles. The maximum absolute atomic E-state index is 2.30. The number of hydrogen-bond donors (Lipinski definition) is 0. The van der Waals surface area contributed by atoms with Gasteiger partial charge in [0.2, 0.25) is 0 Å². The molecule has 1 aromatic heterocycles. The monoisotopic (exact) mass is 246 g/mol. The van der Waals surface area contributed by atoms with E-state index >= 15 is 0 Å². The van der Waals surface area contributed by atoms with Crippen LogP contribution in [0.3, 0.4) is 0 Å². The van der Waals surface area contributed by atoms with Crippen LogP contribution in [0.1, 0.15) is 33.7 Å². The molecule has 2 heteroatoms. The fourth-order valence-electron chi connectivity index (χ4n) is 1.88. The second-order valence-corrected chi connectivity index (χ2v) is 6.54. The summed E-state index contributed by atoms with van der Waals surface area (Å²) in [5.41, 5.74) is 0. The molecule has 0 spiro atoms. The van der Waals surface area contributed by atoms with E-state index < -0.39 is 0 Å². The topological polar surface area (TPSA) is 3.88 Å². The van der Waals surface area contributed by atoms with Crippen molar-refractivity contribution in [2.45, 2.75) is 43.9 Å². The van der Waals surface area contributed by atoms with Crippen LogP contribution >= 0.6 is 11.8 Å². The van der Waals surface area contributed by atoms with Crippen LogP contribution in [-0.4, -0.2) is 5.25 Å². The van der Waals surface area contributed by atoms with Crippen molar-refractivity contribution in [3.63, 3.8) is 0 Å². The number of rotatable bonds is 3. The molecule has 0 fully saturated rings. The molecule has 0 aliphatic rings. The van der Waals surface area contributed by atoms with Gasteiger partial charge in [-0.15, -0.1) is 11.8 Å². The van der Waals surface area contributed by atoms with E-state index in [0.717, 1.165) is 0 Å². The van der Waals surface area contributed by atoms with Crippen molar-refractivity contribution in [1.29, 1.82) is 0 Å². The predicted molar refractivity (Wildman–Crippen MR) is 75.5 cm³/mol. The van der Waals surface area contributed by atoms with Crippen molar-refractivity contribution in [2.24, 2.45) is 0 Å². The minimum absolute atomic E-state index is 0.506. The zero-order chi connectivity index (χ0) is 12.4. The van der Waals surface area contributed by atoms with E-state index in [0.29, 0.717) is 11.3 Å². The zero-order valence-corrected chi connectivity index (χ0v) is 11.8. The van der Waals surface area contributed by atoms with Crippen LogP contribution in [0.5, 0.6) is 0 Å². The highest BCUT2D eigenvalue weighted by Gasteiger charge is 2.13. The Balaban J connectivity index is 2.60. The van der Waals surface area contributed by atoms with Crippen molar-refractivity contribution in [3.8, 4) is 0 Å². The lowest BCUT2D eigenvalue weighted by molar-refractivity contribution is -0.716. The van der Waals surface area contributed by atoms with Gasteiger partial charge in [-0.25, -0.2) is 4.57 Å². The Bertz CT molecular complexity index is 517. The number of thioether (sulfide) groups is 1. The average Bonchev–Trinajstić information content (AvgIpc) is 2.28. The largest absolute Gasteiger partial charge is 0.201 e. The molecule has 17 heavy (non-hydrogen) atoms.